The van der Waals surface area contributed by atoms with Gasteiger partial charge in [-0.2, -0.15) is 5.26 Å². The molecule has 0 unspecified atom stereocenters. The van der Waals surface area contributed by atoms with Crippen molar-refractivity contribution in [3.05, 3.63) is 87.6 Å². The second kappa shape index (κ2) is 6.79. The van der Waals surface area contributed by atoms with Crippen LogP contribution in [0.5, 0.6) is 0 Å². The van der Waals surface area contributed by atoms with Gasteiger partial charge in [-0.25, -0.2) is 0 Å². The summed E-state index contributed by atoms with van der Waals surface area (Å²) in [7, 11) is 0. The normalized spacial score (nSPS) is 15.6. The van der Waals surface area contributed by atoms with E-state index in [0.29, 0.717) is 28.9 Å². The molecule has 0 radical (unpaired) electrons. The molecule has 0 spiro atoms. The number of nitriles is 1. The first-order chi connectivity index (χ1) is 12.9. The molecule has 2 aromatic carbocycles. The van der Waals surface area contributed by atoms with Gasteiger partial charge in [0.05, 0.1) is 24.8 Å². The Morgan fingerprint density at radius 2 is 1.81 bits per heavy atom. The van der Waals surface area contributed by atoms with Crippen LogP contribution in [0.4, 0.5) is 11.4 Å². The third-order valence-electron chi connectivity index (χ3n) is 4.41. The van der Waals surface area contributed by atoms with Crippen LogP contribution in [0.3, 0.4) is 0 Å². The van der Waals surface area contributed by atoms with Crippen LogP contribution in [0.15, 0.2) is 42.5 Å². The summed E-state index contributed by atoms with van der Waals surface area (Å²) in [6.45, 7) is 18.6. The van der Waals surface area contributed by atoms with E-state index >= 15 is 0 Å². The van der Waals surface area contributed by atoms with Crippen molar-refractivity contribution >= 4 is 22.9 Å². The van der Waals surface area contributed by atoms with Crippen LogP contribution < -0.4 is 5.32 Å². The van der Waals surface area contributed by atoms with Gasteiger partial charge in [-0.1, -0.05) is 12.1 Å². The summed E-state index contributed by atoms with van der Waals surface area (Å²) in [4.78, 5) is 19.6. The van der Waals surface area contributed by atoms with E-state index in [1.807, 2.05) is 19.9 Å². The van der Waals surface area contributed by atoms with Crippen molar-refractivity contribution in [2.75, 3.05) is 0 Å². The number of benzene rings is 2. The van der Waals surface area contributed by atoms with Crippen molar-refractivity contribution in [3.63, 3.8) is 0 Å². The number of hydrogen-bond acceptors (Lipinski definition) is 3. The third-order valence-corrected chi connectivity index (χ3v) is 4.41. The van der Waals surface area contributed by atoms with E-state index in [1.165, 1.54) is 6.08 Å². The van der Waals surface area contributed by atoms with E-state index in [4.69, 9.17) is 18.4 Å². The molecule has 1 aliphatic rings. The van der Waals surface area contributed by atoms with Crippen molar-refractivity contribution in [1.82, 2.24) is 5.32 Å². The van der Waals surface area contributed by atoms with Crippen molar-refractivity contribution in [2.45, 2.75) is 25.8 Å². The van der Waals surface area contributed by atoms with Crippen molar-refractivity contribution in [3.8, 4) is 6.07 Å². The number of nitrogens with zero attached hydrogens (tertiary/aromatic N) is 3. The van der Waals surface area contributed by atoms with Crippen LogP contribution >= 0.6 is 0 Å². The first kappa shape index (κ1) is 17.9. The Labute approximate surface area is 158 Å². The van der Waals surface area contributed by atoms with E-state index in [9.17, 15) is 4.79 Å². The van der Waals surface area contributed by atoms with E-state index in [0.717, 1.165) is 11.1 Å². The van der Waals surface area contributed by atoms with Crippen LogP contribution in [0, 0.1) is 24.5 Å². The Bertz CT molecular complexity index is 1090. The minimum absolute atomic E-state index is 0.191. The summed E-state index contributed by atoms with van der Waals surface area (Å²) in [5.74, 6) is -0.191. The molecule has 5 heteroatoms. The molecule has 0 aliphatic carbocycles. The van der Waals surface area contributed by atoms with E-state index < -0.39 is 0 Å². The number of ketones is 1. The highest BCUT2D eigenvalue weighted by atomic mass is 16.1. The maximum Gasteiger partial charge on any atom is 0.195 e. The molecule has 0 aromatic heterocycles. The number of carbonyl (C=O) groups is 1. The molecule has 0 amide bonds. The maximum atomic E-state index is 12.7. The Morgan fingerprint density at radius 3 is 2.41 bits per heavy atom. The highest BCUT2D eigenvalue weighted by Gasteiger charge is 2.29. The van der Waals surface area contributed by atoms with Crippen molar-refractivity contribution in [2.24, 2.45) is 0 Å². The lowest BCUT2D eigenvalue weighted by molar-refractivity contribution is 0.104. The molecule has 0 fully saturated rings. The molecular formula is C22H16N4O. The van der Waals surface area contributed by atoms with Gasteiger partial charge in [0.2, 0.25) is 0 Å². The van der Waals surface area contributed by atoms with Gasteiger partial charge in [-0.05, 0) is 55.7 Å². The highest BCUT2D eigenvalue weighted by Crippen LogP contribution is 2.38. The van der Waals surface area contributed by atoms with Crippen LogP contribution in [-0.4, -0.2) is 11.3 Å². The molecule has 1 aliphatic heterocycles. The highest BCUT2D eigenvalue weighted by molar-refractivity contribution is 6.08. The molecule has 0 atom stereocenters. The summed E-state index contributed by atoms with van der Waals surface area (Å²) < 4.78 is 0. The molecular weight excluding hydrogens is 336 g/mol. The van der Waals surface area contributed by atoms with E-state index in [1.54, 1.807) is 36.4 Å². The minimum atomic E-state index is -0.289. The van der Waals surface area contributed by atoms with Crippen LogP contribution in [0.2, 0.25) is 0 Å². The first-order valence-electron chi connectivity index (χ1n) is 8.33. The predicted molar refractivity (Wildman–Crippen MR) is 103 cm³/mol. The number of hydrogen-bond donors (Lipinski definition) is 1. The molecule has 0 saturated carbocycles. The van der Waals surface area contributed by atoms with Crippen LogP contribution in [0.1, 0.15) is 40.9 Å². The third kappa shape index (κ3) is 3.56. The Hall–Kier alpha value is -3.88. The van der Waals surface area contributed by atoms with Gasteiger partial charge in [-0.15, -0.1) is 0 Å². The Morgan fingerprint density at radius 1 is 1.19 bits per heavy atom. The van der Waals surface area contributed by atoms with Gasteiger partial charge < -0.3 is 5.32 Å². The molecule has 0 saturated heterocycles. The average molecular weight is 352 g/mol. The zero-order chi connectivity index (χ0) is 19.6. The van der Waals surface area contributed by atoms with Gasteiger partial charge >= 0.3 is 0 Å². The lowest BCUT2D eigenvalue weighted by Gasteiger charge is -2.36. The number of carbonyl (C=O) groups excluding carboxylic acids is 1. The quantitative estimate of drug-likeness (QED) is 0.479. The largest absolute Gasteiger partial charge is 0.379 e. The lowest BCUT2D eigenvalue weighted by atomic mass is 9.85. The fraction of sp³-hybridized carbons (Fsp3) is 0.182. The Kier molecular flexibility index (Phi) is 4.51. The number of nitrogens with one attached hydrogen (secondary N) is 1. The Balaban J connectivity index is 2.09. The van der Waals surface area contributed by atoms with Crippen molar-refractivity contribution in [1.29, 1.82) is 5.26 Å². The van der Waals surface area contributed by atoms with Crippen molar-refractivity contribution < 1.29 is 4.79 Å². The maximum absolute atomic E-state index is 12.7. The summed E-state index contributed by atoms with van der Waals surface area (Å²) in [6, 6.07) is 11.9. The summed E-state index contributed by atoms with van der Waals surface area (Å²) >= 11 is 0. The van der Waals surface area contributed by atoms with E-state index in [2.05, 4.69) is 15.0 Å². The zero-order valence-corrected chi connectivity index (χ0v) is 15.0. The SMILES string of the molecule is [C-]#[N+]c1cc2c(cc1[N+]#[C-])/C(=C/C(=O)c1ccc(C#N)cc1)NC(C)(C)C2. The molecule has 2 aromatic rings. The average Bonchev–Trinajstić information content (AvgIpc) is 2.66. The first-order valence-corrected chi connectivity index (χ1v) is 8.33. The summed E-state index contributed by atoms with van der Waals surface area (Å²) in [6.07, 6.45) is 2.21. The second-order valence-corrected chi connectivity index (χ2v) is 7.02. The molecule has 1 heterocycles. The number of rotatable bonds is 2. The fourth-order valence-electron chi connectivity index (χ4n) is 3.19. The second-order valence-electron chi connectivity index (χ2n) is 7.02. The van der Waals surface area contributed by atoms with Gasteiger partial charge in [0.1, 0.15) is 0 Å². The topological polar surface area (TPSA) is 61.6 Å². The number of fused-ring (bicyclic) bond motifs is 1. The van der Waals surface area contributed by atoms with Crippen LogP contribution in [0.25, 0.3) is 15.4 Å². The molecule has 27 heavy (non-hydrogen) atoms. The van der Waals surface area contributed by atoms with Gasteiger partial charge in [0, 0.05) is 22.9 Å². The molecule has 5 nitrogen and oxygen atoms in total. The van der Waals surface area contributed by atoms with Gasteiger partial charge in [0.15, 0.2) is 17.2 Å². The summed E-state index contributed by atoms with van der Waals surface area (Å²) in [5.41, 5.74) is 3.65. The molecule has 0 bridgehead atoms. The standard InChI is InChI=1S/C22H16N4O/c1-22(2)12-16-9-19(24-3)20(25-4)10-17(16)18(26-22)11-21(27)15-7-5-14(13-23)6-8-15/h5-11,26H,12H2,1-2H3/b18-11-. The number of allylic oxidation sites excluding steroid dienone is 1. The van der Waals surface area contributed by atoms with Gasteiger partial charge in [0.25, 0.3) is 0 Å². The molecule has 130 valence electrons. The van der Waals surface area contributed by atoms with E-state index in [-0.39, 0.29) is 17.0 Å². The molecule has 3 rings (SSSR count). The molecule has 1 N–H and O–H groups in total. The lowest BCUT2D eigenvalue weighted by Crippen LogP contribution is -2.43. The predicted octanol–water partition coefficient (Wildman–Crippen LogP) is 4.81. The van der Waals surface area contributed by atoms with Crippen LogP contribution in [-0.2, 0) is 6.42 Å². The monoisotopic (exact) mass is 352 g/mol. The minimum Gasteiger partial charge on any atom is -0.379 e. The summed E-state index contributed by atoms with van der Waals surface area (Å²) in [5, 5.41) is 12.3. The zero-order valence-electron chi connectivity index (χ0n) is 15.0. The smallest absolute Gasteiger partial charge is 0.195 e. The van der Waals surface area contributed by atoms with Gasteiger partial charge in [-0.3, -0.25) is 14.5 Å². The fourth-order valence-corrected chi connectivity index (χ4v) is 3.19.